The number of carbonyl (C=O) groups excluding carboxylic acids is 1. The molecule has 0 fully saturated rings. The molecule has 1 heterocycles. The number of carbonyl (C=O) groups is 1. The molecular weight excluding hydrogens is 295 g/mol. The molecule has 1 aromatic heterocycles. The van der Waals surface area contributed by atoms with E-state index in [2.05, 4.69) is 10.3 Å². The zero-order valence-electron chi connectivity index (χ0n) is 12.5. The van der Waals surface area contributed by atoms with Crippen LogP contribution in [0, 0.1) is 5.82 Å². The van der Waals surface area contributed by atoms with Gasteiger partial charge in [0.15, 0.2) is 0 Å². The van der Waals surface area contributed by atoms with Crippen molar-refractivity contribution in [2.24, 2.45) is 0 Å². The van der Waals surface area contributed by atoms with Gasteiger partial charge in [-0.3, -0.25) is 4.79 Å². The number of aromatic amines is 1. The Bertz CT molecular complexity index is 825. The molecule has 0 saturated heterocycles. The maximum Gasteiger partial charge on any atom is 0.267 e. The van der Waals surface area contributed by atoms with E-state index < -0.39 is 0 Å². The lowest BCUT2D eigenvalue weighted by molar-refractivity contribution is 0.0950. The van der Waals surface area contributed by atoms with Crippen LogP contribution in [0.4, 0.5) is 4.39 Å². The van der Waals surface area contributed by atoms with Gasteiger partial charge in [-0.1, -0.05) is 30.3 Å². The van der Waals surface area contributed by atoms with Gasteiger partial charge in [-0.25, -0.2) is 4.39 Å². The first-order chi connectivity index (χ1) is 11.2. The Morgan fingerprint density at radius 3 is 2.57 bits per heavy atom. The fourth-order valence-corrected chi connectivity index (χ4v) is 2.47. The summed E-state index contributed by atoms with van der Waals surface area (Å²) in [6.07, 6.45) is 0.687. The van der Waals surface area contributed by atoms with E-state index in [0.717, 1.165) is 11.1 Å². The Morgan fingerprint density at radius 1 is 1.13 bits per heavy atom. The van der Waals surface area contributed by atoms with Crippen molar-refractivity contribution in [2.75, 3.05) is 6.54 Å². The molecule has 0 spiro atoms. The summed E-state index contributed by atoms with van der Waals surface area (Å²) < 4.78 is 13.6. The molecule has 1 amide bonds. The molecule has 4 nitrogen and oxygen atoms in total. The van der Waals surface area contributed by atoms with Gasteiger partial charge < -0.3 is 15.4 Å². The third-order valence-electron chi connectivity index (χ3n) is 3.76. The maximum absolute atomic E-state index is 13.6. The van der Waals surface area contributed by atoms with Crippen molar-refractivity contribution >= 4 is 16.8 Å². The fraction of sp³-hybridized carbons (Fsp3) is 0.167. The standard InChI is InChI=1S/C18H17FN2O2/c19-15-2-1-3-16-14(15)10-17(21-16)18(23)20-9-8-12-4-6-13(11-22)7-5-12/h1-7,10,21-22H,8-9,11H2,(H,20,23). The minimum absolute atomic E-state index is 0.0218. The van der Waals surface area contributed by atoms with Crippen LogP contribution in [0.25, 0.3) is 10.9 Å². The molecule has 0 bridgehead atoms. The van der Waals surface area contributed by atoms with Crippen LogP contribution < -0.4 is 5.32 Å². The minimum atomic E-state index is -0.346. The number of H-pyrrole nitrogens is 1. The van der Waals surface area contributed by atoms with Gasteiger partial charge in [0, 0.05) is 17.4 Å². The first kappa shape index (κ1) is 15.2. The average molecular weight is 312 g/mol. The quantitative estimate of drug-likeness (QED) is 0.678. The monoisotopic (exact) mass is 312 g/mol. The van der Waals surface area contributed by atoms with E-state index in [4.69, 9.17) is 5.11 Å². The van der Waals surface area contributed by atoms with Crippen molar-refractivity contribution in [2.45, 2.75) is 13.0 Å². The third-order valence-corrected chi connectivity index (χ3v) is 3.76. The van der Waals surface area contributed by atoms with Crippen LogP contribution in [0.1, 0.15) is 21.6 Å². The van der Waals surface area contributed by atoms with Gasteiger partial charge in [-0.2, -0.15) is 0 Å². The second-order valence-corrected chi connectivity index (χ2v) is 5.36. The molecule has 5 heteroatoms. The molecule has 118 valence electrons. The number of hydrogen-bond acceptors (Lipinski definition) is 2. The summed E-state index contributed by atoms with van der Waals surface area (Å²) in [4.78, 5) is 15.0. The summed E-state index contributed by atoms with van der Waals surface area (Å²) in [5.41, 5.74) is 2.89. The minimum Gasteiger partial charge on any atom is -0.392 e. The van der Waals surface area contributed by atoms with Crippen LogP contribution in [0.2, 0.25) is 0 Å². The van der Waals surface area contributed by atoms with Crippen molar-refractivity contribution in [3.8, 4) is 0 Å². The summed E-state index contributed by atoms with van der Waals surface area (Å²) >= 11 is 0. The largest absolute Gasteiger partial charge is 0.392 e. The van der Waals surface area contributed by atoms with Crippen molar-refractivity contribution in [3.63, 3.8) is 0 Å². The lowest BCUT2D eigenvalue weighted by atomic mass is 10.1. The van der Waals surface area contributed by atoms with Crippen LogP contribution in [0.5, 0.6) is 0 Å². The fourth-order valence-electron chi connectivity index (χ4n) is 2.47. The number of fused-ring (bicyclic) bond motifs is 1. The highest BCUT2D eigenvalue weighted by molar-refractivity contribution is 5.98. The number of aromatic nitrogens is 1. The molecule has 0 aliphatic heterocycles. The highest BCUT2D eigenvalue weighted by Gasteiger charge is 2.11. The number of nitrogens with one attached hydrogen (secondary N) is 2. The topological polar surface area (TPSA) is 65.1 Å². The van der Waals surface area contributed by atoms with Gasteiger partial charge in [0.1, 0.15) is 11.5 Å². The number of rotatable bonds is 5. The van der Waals surface area contributed by atoms with Crippen LogP contribution in [-0.4, -0.2) is 22.5 Å². The molecule has 0 radical (unpaired) electrons. The van der Waals surface area contributed by atoms with E-state index in [1.54, 1.807) is 12.1 Å². The molecule has 2 aromatic carbocycles. The Balaban J connectivity index is 1.60. The maximum atomic E-state index is 13.6. The van der Waals surface area contributed by atoms with Crippen molar-refractivity contribution < 1.29 is 14.3 Å². The van der Waals surface area contributed by atoms with Crippen LogP contribution >= 0.6 is 0 Å². The zero-order valence-corrected chi connectivity index (χ0v) is 12.5. The van der Waals surface area contributed by atoms with E-state index in [-0.39, 0.29) is 18.3 Å². The normalized spacial score (nSPS) is 10.9. The highest BCUT2D eigenvalue weighted by Crippen LogP contribution is 2.18. The second-order valence-electron chi connectivity index (χ2n) is 5.36. The van der Waals surface area contributed by atoms with Gasteiger partial charge in [-0.15, -0.1) is 0 Å². The molecule has 3 rings (SSSR count). The van der Waals surface area contributed by atoms with E-state index in [1.165, 1.54) is 12.1 Å². The molecular formula is C18H17FN2O2. The van der Waals surface area contributed by atoms with E-state index >= 15 is 0 Å². The molecule has 0 aliphatic carbocycles. The lowest BCUT2D eigenvalue weighted by Crippen LogP contribution is -2.25. The summed E-state index contributed by atoms with van der Waals surface area (Å²) in [5.74, 6) is -0.602. The first-order valence-electron chi connectivity index (χ1n) is 7.41. The summed E-state index contributed by atoms with van der Waals surface area (Å²) in [6, 6.07) is 13.8. The Morgan fingerprint density at radius 2 is 1.87 bits per heavy atom. The molecule has 0 saturated carbocycles. The van der Waals surface area contributed by atoms with Gasteiger partial charge in [-0.05, 0) is 35.7 Å². The number of amides is 1. The molecule has 3 N–H and O–H groups in total. The van der Waals surface area contributed by atoms with Crippen molar-refractivity contribution in [3.05, 3.63) is 71.2 Å². The Labute approximate surface area is 133 Å². The summed E-state index contributed by atoms with van der Waals surface area (Å²) in [5, 5.41) is 12.2. The van der Waals surface area contributed by atoms with E-state index in [9.17, 15) is 9.18 Å². The number of halogens is 1. The van der Waals surface area contributed by atoms with Crippen molar-refractivity contribution in [1.82, 2.24) is 10.3 Å². The molecule has 0 atom stereocenters. The number of hydrogen-bond donors (Lipinski definition) is 3. The van der Waals surface area contributed by atoms with Crippen LogP contribution in [0.3, 0.4) is 0 Å². The molecule has 0 aliphatic rings. The predicted octanol–water partition coefficient (Wildman–Crippen LogP) is 2.77. The number of aliphatic hydroxyl groups is 1. The lowest BCUT2D eigenvalue weighted by Gasteiger charge is -2.05. The molecule has 0 unspecified atom stereocenters. The molecule has 23 heavy (non-hydrogen) atoms. The summed E-state index contributed by atoms with van der Waals surface area (Å²) in [6.45, 7) is 0.503. The highest BCUT2D eigenvalue weighted by atomic mass is 19.1. The summed E-state index contributed by atoms with van der Waals surface area (Å²) in [7, 11) is 0. The predicted molar refractivity (Wildman–Crippen MR) is 86.7 cm³/mol. The average Bonchev–Trinajstić information content (AvgIpc) is 3.01. The van der Waals surface area contributed by atoms with Gasteiger partial charge in [0.25, 0.3) is 5.91 Å². The van der Waals surface area contributed by atoms with Gasteiger partial charge in [0.2, 0.25) is 0 Å². The Hall–Kier alpha value is -2.66. The number of aliphatic hydroxyl groups excluding tert-OH is 1. The number of benzene rings is 2. The van der Waals surface area contributed by atoms with Crippen LogP contribution in [0.15, 0.2) is 48.5 Å². The van der Waals surface area contributed by atoms with Gasteiger partial charge in [0.05, 0.1) is 6.61 Å². The van der Waals surface area contributed by atoms with E-state index in [1.807, 2.05) is 24.3 Å². The molecule has 3 aromatic rings. The first-order valence-corrected chi connectivity index (χ1v) is 7.41. The second kappa shape index (κ2) is 6.62. The van der Waals surface area contributed by atoms with Gasteiger partial charge >= 0.3 is 0 Å². The SMILES string of the molecule is O=C(NCCc1ccc(CO)cc1)c1cc2c(F)cccc2[nH]1. The van der Waals surface area contributed by atoms with Crippen LogP contribution in [-0.2, 0) is 13.0 Å². The van der Waals surface area contributed by atoms with Crippen molar-refractivity contribution in [1.29, 1.82) is 0 Å². The third kappa shape index (κ3) is 3.40. The van der Waals surface area contributed by atoms with E-state index in [0.29, 0.717) is 29.6 Å². The smallest absolute Gasteiger partial charge is 0.267 e. The Kier molecular flexibility index (Phi) is 4.39. The zero-order chi connectivity index (χ0) is 16.2.